The molecule has 0 bridgehead atoms. The summed E-state index contributed by atoms with van der Waals surface area (Å²) in [6, 6.07) is 9.36. The van der Waals surface area contributed by atoms with Crippen molar-refractivity contribution in [1.29, 1.82) is 0 Å². The molecule has 0 aliphatic rings. The fourth-order valence-corrected chi connectivity index (χ4v) is 0.936. The maximum atomic E-state index is 11.0. The van der Waals surface area contributed by atoms with Gasteiger partial charge in [-0.2, -0.15) is 0 Å². The number of rotatable bonds is 5. The van der Waals surface area contributed by atoms with Gasteiger partial charge in [-0.25, -0.2) is 0 Å². The predicted molar refractivity (Wildman–Crippen MR) is 53.6 cm³/mol. The Kier molecular flexibility index (Phi) is 4.20. The minimum absolute atomic E-state index is 0.0602. The van der Waals surface area contributed by atoms with E-state index in [4.69, 9.17) is 0 Å². The van der Waals surface area contributed by atoms with Gasteiger partial charge in [-0.05, 0) is 12.1 Å². The molecule has 0 aliphatic carbocycles. The lowest BCUT2D eigenvalue weighted by Crippen LogP contribution is -2.31. The van der Waals surface area contributed by atoms with Crippen molar-refractivity contribution in [1.82, 2.24) is 5.32 Å². The van der Waals surface area contributed by atoms with E-state index >= 15 is 0 Å². The highest BCUT2D eigenvalue weighted by Crippen LogP contribution is 2.03. The van der Waals surface area contributed by atoms with Crippen LogP contribution in [0.15, 0.2) is 30.3 Å². The van der Waals surface area contributed by atoms with Crippen LogP contribution in [-0.2, 0) is 9.59 Å². The maximum absolute atomic E-state index is 11.0. The smallest absolute Gasteiger partial charge is 0.239 e. The van der Waals surface area contributed by atoms with Crippen molar-refractivity contribution < 1.29 is 9.59 Å². The molecule has 1 aromatic rings. The highest BCUT2D eigenvalue weighted by atomic mass is 16.2. The van der Waals surface area contributed by atoms with Gasteiger partial charge in [0.2, 0.25) is 12.2 Å². The van der Waals surface area contributed by atoms with Crippen LogP contribution in [0.5, 0.6) is 0 Å². The molecule has 1 amide bonds. The quantitative estimate of drug-likeness (QED) is 0.705. The first-order chi connectivity index (χ1) is 6.83. The number of carbonyl (C=O) groups is 1. The Balaban J connectivity index is 2.27. The fraction of sp³-hybridized carbons (Fsp3) is 0.200. The fourth-order valence-electron chi connectivity index (χ4n) is 0.936. The van der Waals surface area contributed by atoms with Crippen molar-refractivity contribution in [2.45, 2.75) is 0 Å². The van der Waals surface area contributed by atoms with E-state index in [0.717, 1.165) is 5.69 Å². The molecular weight excluding hydrogens is 180 g/mol. The van der Waals surface area contributed by atoms with E-state index < -0.39 is 0 Å². The first kappa shape index (κ1) is 10.2. The molecule has 0 aromatic heterocycles. The number of nitrogens with one attached hydrogen (secondary N) is 2. The Morgan fingerprint density at radius 3 is 2.64 bits per heavy atom. The Morgan fingerprint density at radius 1 is 1.29 bits per heavy atom. The van der Waals surface area contributed by atoms with Gasteiger partial charge < -0.3 is 10.6 Å². The molecule has 0 spiro atoms. The van der Waals surface area contributed by atoms with E-state index in [1.165, 1.54) is 0 Å². The van der Waals surface area contributed by atoms with Crippen LogP contribution in [-0.4, -0.2) is 25.3 Å². The zero-order chi connectivity index (χ0) is 10.2. The minimum atomic E-state index is -0.225. The maximum Gasteiger partial charge on any atom is 0.239 e. The number of benzene rings is 1. The van der Waals surface area contributed by atoms with Crippen molar-refractivity contribution in [2.24, 2.45) is 0 Å². The summed E-state index contributed by atoms with van der Waals surface area (Å²) in [6.45, 7) is 0.0982. The van der Waals surface area contributed by atoms with Gasteiger partial charge in [0.1, 0.15) is 0 Å². The Labute approximate surface area is 82.3 Å². The molecule has 0 atom stereocenters. The van der Waals surface area contributed by atoms with Crippen LogP contribution in [0.1, 0.15) is 0 Å². The average Bonchev–Trinajstić information content (AvgIpc) is 2.25. The van der Waals surface area contributed by atoms with Crippen LogP contribution in [0, 0.1) is 0 Å². The summed E-state index contributed by atoms with van der Waals surface area (Å²) in [5.74, 6) is -0.225. The van der Waals surface area contributed by atoms with E-state index in [1.807, 2.05) is 30.3 Å². The highest BCUT2D eigenvalue weighted by Gasteiger charge is 1.98. The van der Waals surface area contributed by atoms with Crippen LogP contribution in [0.3, 0.4) is 0 Å². The number of hydrogen-bond acceptors (Lipinski definition) is 3. The van der Waals surface area contributed by atoms with Crippen molar-refractivity contribution in [2.75, 3.05) is 18.4 Å². The second-order valence-electron chi connectivity index (χ2n) is 2.64. The SMILES string of the molecule is O=[C]CNC(=O)CNc1ccccc1. The zero-order valence-corrected chi connectivity index (χ0v) is 7.62. The lowest BCUT2D eigenvalue weighted by Gasteiger charge is -2.04. The van der Waals surface area contributed by atoms with Gasteiger partial charge in [-0.15, -0.1) is 0 Å². The number of anilines is 1. The van der Waals surface area contributed by atoms with Crippen molar-refractivity contribution in [3.05, 3.63) is 30.3 Å². The topological polar surface area (TPSA) is 58.2 Å². The van der Waals surface area contributed by atoms with Gasteiger partial charge in [0.25, 0.3) is 0 Å². The monoisotopic (exact) mass is 191 g/mol. The molecule has 0 saturated carbocycles. The van der Waals surface area contributed by atoms with Gasteiger partial charge in [0.15, 0.2) is 0 Å². The van der Waals surface area contributed by atoms with Crippen molar-refractivity contribution in [3.63, 3.8) is 0 Å². The van der Waals surface area contributed by atoms with E-state index in [2.05, 4.69) is 10.6 Å². The number of hydrogen-bond donors (Lipinski definition) is 2. The second-order valence-corrected chi connectivity index (χ2v) is 2.64. The van der Waals surface area contributed by atoms with E-state index in [9.17, 15) is 9.59 Å². The van der Waals surface area contributed by atoms with E-state index in [-0.39, 0.29) is 19.0 Å². The Bertz CT molecular complexity index is 298. The van der Waals surface area contributed by atoms with Gasteiger partial charge >= 0.3 is 0 Å². The largest absolute Gasteiger partial charge is 0.376 e. The zero-order valence-electron chi connectivity index (χ0n) is 7.62. The number of amides is 1. The van der Waals surface area contributed by atoms with Crippen molar-refractivity contribution >= 4 is 17.9 Å². The molecule has 4 nitrogen and oxygen atoms in total. The first-order valence-electron chi connectivity index (χ1n) is 4.23. The summed E-state index contributed by atoms with van der Waals surface area (Å²) in [6.07, 6.45) is 1.59. The molecule has 1 aromatic carbocycles. The molecule has 0 saturated heterocycles. The van der Waals surface area contributed by atoms with Gasteiger partial charge in [-0.1, -0.05) is 18.2 Å². The van der Waals surface area contributed by atoms with Gasteiger partial charge in [0, 0.05) is 5.69 Å². The minimum Gasteiger partial charge on any atom is -0.376 e. The molecule has 73 valence electrons. The third kappa shape index (κ3) is 3.71. The van der Waals surface area contributed by atoms with Crippen molar-refractivity contribution in [3.8, 4) is 0 Å². The molecule has 1 radical (unpaired) electrons. The standard InChI is InChI=1S/C10H11N2O2/c13-7-6-11-10(14)8-12-9-4-2-1-3-5-9/h1-5,12H,6,8H2,(H,11,14). The molecule has 0 unspecified atom stereocenters. The summed E-state index contributed by atoms with van der Waals surface area (Å²) in [5, 5.41) is 5.29. The summed E-state index contributed by atoms with van der Waals surface area (Å²) in [5.41, 5.74) is 0.873. The van der Waals surface area contributed by atoms with Gasteiger partial charge in [0.05, 0.1) is 13.1 Å². The van der Waals surface area contributed by atoms with E-state index in [0.29, 0.717) is 0 Å². The summed E-state index contributed by atoms with van der Waals surface area (Å²) < 4.78 is 0. The molecule has 2 N–H and O–H groups in total. The predicted octanol–water partition coefficient (Wildman–Crippen LogP) is 0.324. The Hall–Kier alpha value is -1.84. The Morgan fingerprint density at radius 2 is 2.00 bits per heavy atom. The van der Waals surface area contributed by atoms with Crippen LogP contribution < -0.4 is 10.6 Å². The number of para-hydroxylation sites is 1. The number of carbonyl (C=O) groups excluding carboxylic acids is 2. The second kappa shape index (κ2) is 5.75. The normalized spacial score (nSPS) is 9.14. The third-order valence-electron chi connectivity index (χ3n) is 1.58. The summed E-state index contributed by atoms with van der Waals surface area (Å²) >= 11 is 0. The molecule has 14 heavy (non-hydrogen) atoms. The molecule has 0 fully saturated rings. The lowest BCUT2D eigenvalue weighted by molar-refractivity contribution is -0.119. The van der Waals surface area contributed by atoms with Crippen LogP contribution in [0.2, 0.25) is 0 Å². The third-order valence-corrected chi connectivity index (χ3v) is 1.58. The van der Waals surface area contributed by atoms with Crippen LogP contribution in [0.25, 0.3) is 0 Å². The molecular formula is C10H11N2O2. The van der Waals surface area contributed by atoms with Crippen LogP contribution in [0.4, 0.5) is 5.69 Å². The average molecular weight is 191 g/mol. The molecule has 4 heteroatoms. The van der Waals surface area contributed by atoms with Crippen LogP contribution >= 0.6 is 0 Å². The highest BCUT2D eigenvalue weighted by molar-refractivity contribution is 5.82. The molecule has 1 rings (SSSR count). The molecule has 0 heterocycles. The summed E-state index contributed by atoms with van der Waals surface area (Å²) in [7, 11) is 0. The van der Waals surface area contributed by atoms with Gasteiger partial charge in [-0.3, -0.25) is 9.59 Å². The lowest BCUT2D eigenvalue weighted by atomic mass is 10.3. The van der Waals surface area contributed by atoms with E-state index in [1.54, 1.807) is 6.29 Å². The summed E-state index contributed by atoms with van der Waals surface area (Å²) in [4.78, 5) is 20.8. The molecule has 0 aliphatic heterocycles. The first-order valence-corrected chi connectivity index (χ1v) is 4.23.